The van der Waals surface area contributed by atoms with Gasteiger partial charge in [-0.2, -0.15) is 10.2 Å². The van der Waals surface area contributed by atoms with E-state index in [4.69, 9.17) is 0 Å². The lowest BCUT2D eigenvalue weighted by Crippen LogP contribution is -2.50. The standard InChI is InChI=1S/C17H20N6O2/c24-16-2-1-7-18-23(16)12-17(25)22-10-8-21(9-11-22)15-6-5-14(19-20-15)13-3-4-13/h1-2,5-7,13H,3-4,8-12H2. The van der Waals surface area contributed by atoms with Gasteiger partial charge in [0.25, 0.3) is 5.56 Å². The second kappa shape index (κ2) is 6.62. The highest BCUT2D eigenvalue weighted by Crippen LogP contribution is 2.38. The summed E-state index contributed by atoms with van der Waals surface area (Å²) < 4.78 is 1.19. The molecule has 1 aliphatic carbocycles. The Hall–Kier alpha value is -2.77. The minimum Gasteiger partial charge on any atom is -0.352 e. The first-order chi connectivity index (χ1) is 12.2. The summed E-state index contributed by atoms with van der Waals surface area (Å²) in [5, 5.41) is 12.6. The van der Waals surface area contributed by atoms with Crippen LogP contribution in [-0.4, -0.2) is 57.0 Å². The van der Waals surface area contributed by atoms with E-state index in [1.165, 1.54) is 29.8 Å². The zero-order valence-electron chi connectivity index (χ0n) is 13.9. The maximum atomic E-state index is 12.4. The molecule has 25 heavy (non-hydrogen) atoms. The van der Waals surface area contributed by atoms with Gasteiger partial charge in [-0.05, 0) is 31.0 Å². The minimum atomic E-state index is -0.263. The van der Waals surface area contributed by atoms with Crippen molar-refractivity contribution < 1.29 is 4.79 Å². The lowest BCUT2D eigenvalue weighted by Gasteiger charge is -2.35. The fraction of sp³-hybridized carbons (Fsp3) is 0.471. The molecule has 1 aliphatic heterocycles. The fourth-order valence-corrected chi connectivity index (χ4v) is 3.02. The summed E-state index contributed by atoms with van der Waals surface area (Å²) in [5.74, 6) is 1.37. The van der Waals surface area contributed by atoms with E-state index in [-0.39, 0.29) is 18.0 Å². The third kappa shape index (κ3) is 3.52. The Morgan fingerprint density at radius 1 is 1.08 bits per heavy atom. The normalized spacial score (nSPS) is 17.6. The van der Waals surface area contributed by atoms with Crippen LogP contribution in [0.4, 0.5) is 5.82 Å². The second-order valence-electron chi connectivity index (χ2n) is 6.48. The molecule has 0 spiro atoms. The Balaban J connectivity index is 1.33. The summed E-state index contributed by atoms with van der Waals surface area (Å²) in [7, 11) is 0. The van der Waals surface area contributed by atoms with Gasteiger partial charge in [-0.3, -0.25) is 9.59 Å². The Morgan fingerprint density at radius 2 is 1.88 bits per heavy atom. The molecule has 0 N–H and O–H groups in total. The lowest BCUT2D eigenvalue weighted by molar-refractivity contribution is -0.132. The molecular weight excluding hydrogens is 320 g/mol. The van der Waals surface area contributed by atoms with Crippen LogP contribution in [0.25, 0.3) is 0 Å². The predicted molar refractivity (Wildman–Crippen MR) is 91.3 cm³/mol. The van der Waals surface area contributed by atoms with E-state index in [9.17, 15) is 9.59 Å². The lowest BCUT2D eigenvalue weighted by atomic mass is 10.2. The maximum absolute atomic E-state index is 12.4. The quantitative estimate of drug-likeness (QED) is 0.794. The van der Waals surface area contributed by atoms with Gasteiger partial charge in [0.2, 0.25) is 5.91 Å². The van der Waals surface area contributed by atoms with Crippen LogP contribution in [-0.2, 0) is 11.3 Å². The van der Waals surface area contributed by atoms with Crippen molar-refractivity contribution in [2.24, 2.45) is 0 Å². The van der Waals surface area contributed by atoms with Crippen LogP contribution < -0.4 is 10.5 Å². The largest absolute Gasteiger partial charge is 0.352 e. The molecule has 2 fully saturated rings. The summed E-state index contributed by atoms with van der Waals surface area (Å²) >= 11 is 0. The Kier molecular flexibility index (Phi) is 4.17. The average molecular weight is 340 g/mol. The number of hydrogen-bond acceptors (Lipinski definition) is 6. The van der Waals surface area contributed by atoms with Crippen molar-refractivity contribution in [3.63, 3.8) is 0 Å². The van der Waals surface area contributed by atoms with Gasteiger partial charge in [0.05, 0.1) is 5.69 Å². The van der Waals surface area contributed by atoms with Gasteiger partial charge < -0.3 is 9.80 Å². The molecule has 2 aliphatic rings. The number of hydrogen-bond donors (Lipinski definition) is 0. The van der Waals surface area contributed by atoms with Crippen molar-refractivity contribution in [2.45, 2.75) is 25.3 Å². The highest BCUT2D eigenvalue weighted by atomic mass is 16.2. The van der Waals surface area contributed by atoms with E-state index in [1.807, 2.05) is 6.07 Å². The van der Waals surface area contributed by atoms with Crippen molar-refractivity contribution in [3.8, 4) is 0 Å². The van der Waals surface area contributed by atoms with Crippen LogP contribution in [0.5, 0.6) is 0 Å². The van der Waals surface area contributed by atoms with Crippen molar-refractivity contribution in [3.05, 3.63) is 46.5 Å². The summed E-state index contributed by atoms with van der Waals surface area (Å²) in [6.45, 7) is 2.61. The smallest absolute Gasteiger partial charge is 0.267 e. The van der Waals surface area contributed by atoms with E-state index in [2.05, 4.69) is 26.3 Å². The number of anilines is 1. The van der Waals surface area contributed by atoms with Crippen molar-refractivity contribution in [1.29, 1.82) is 0 Å². The Bertz CT molecular complexity index is 806. The zero-order valence-corrected chi connectivity index (χ0v) is 13.9. The Morgan fingerprint density at radius 3 is 2.52 bits per heavy atom. The molecule has 0 radical (unpaired) electrons. The first-order valence-electron chi connectivity index (χ1n) is 8.59. The van der Waals surface area contributed by atoms with E-state index in [0.717, 1.165) is 11.5 Å². The molecule has 1 saturated heterocycles. The molecular formula is C17H20N6O2. The molecule has 8 heteroatoms. The SMILES string of the molecule is O=C(Cn1ncccc1=O)N1CCN(c2ccc(C3CC3)nn2)CC1. The number of carbonyl (C=O) groups is 1. The molecule has 0 unspecified atom stereocenters. The predicted octanol–water partition coefficient (Wildman–Crippen LogP) is 0.259. The molecule has 4 rings (SSSR count). The molecule has 130 valence electrons. The molecule has 1 saturated carbocycles. The molecule has 0 bridgehead atoms. The summed E-state index contributed by atoms with van der Waals surface area (Å²) in [6, 6.07) is 7.05. The third-order valence-electron chi connectivity index (χ3n) is 4.69. The maximum Gasteiger partial charge on any atom is 0.267 e. The van der Waals surface area contributed by atoms with Gasteiger partial charge >= 0.3 is 0 Å². The number of piperazine rings is 1. The van der Waals surface area contributed by atoms with E-state index >= 15 is 0 Å². The Labute approximate surface area is 145 Å². The van der Waals surface area contributed by atoms with Crippen LogP contribution >= 0.6 is 0 Å². The fourth-order valence-electron chi connectivity index (χ4n) is 3.02. The van der Waals surface area contributed by atoms with Crippen molar-refractivity contribution in [1.82, 2.24) is 24.9 Å². The third-order valence-corrected chi connectivity index (χ3v) is 4.69. The summed E-state index contributed by atoms with van der Waals surface area (Å²) in [5.41, 5.74) is 0.818. The van der Waals surface area contributed by atoms with E-state index in [0.29, 0.717) is 32.1 Å². The number of rotatable bonds is 4. The molecule has 2 aromatic heterocycles. The van der Waals surface area contributed by atoms with Crippen molar-refractivity contribution >= 4 is 11.7 Å². The number of carbonyl (C=O) groups excluding carboxylic acids is 1. The molecule has 2 aromatic rings. The molecule has 8 nitrogen and oxygen atoms in total. The monoisotopic (exact) mass is 340 g/mol. The minimum absolute atomic E-state index is 0.0183. The van der Waals surface area contributed by atoms with Crippen LogP contribution in [0.3, 0.4) is 0 Å². The van der Waals surface area contributed by atoms with Crippen LogP contribution in [0.15, 0.2) is 35.3 Å². The zero-order chi connectivity index (χ0) is 17.2. The topological polar surface area (TPSA) is 84.2 Å². The van der Waals surface area contributed by atoms with Crippen molar-refractivity contribution in [2.75, 3.05) is 31.1 Å². The molecule has 1 amide bonds. The first kappa shape index (κ1) is 15.7. The first-order valence-corrected chi connectivity index (χ1v) is 8.59. The summed E-state index contributed by atoms with van der Waals surface area (Å²) in [4.78, 5) is 27.9. The van der Waals surface area contributed by atoms with E-state index in [1.54, 1.807) is 11.0 Å². The van der Waals surface area contributed by atoms with Crippen LogP contribution in [0, 0.1) is 0 Å². The van der Waals surface area contributed by atoms with Crippen LogP contribution in [0.2, 0.25) is 0 Å². The second-order valence-corrected chi connectivity index (χ2v) is 6.48. The highest BCUT2D eigenvalue weighted by Gasteiger charge is 2.26. The summed E-state index contributed by atoms with van der Waals surface area (Å²) in [6.07, 6.45) is 3.94. The van der Waals surface area contributed by atoms with Crippen LogP contribution in [0.1, 0.15) is 24.5 Å². The molecule has 0 atom stereocenters. The number of aromatic nitrogens is 4. The van der Waals surface area contributed by atoms with E-state index < -0.39 is 0 Å². The van der Waals surface area contributed by atoms with Gasteiger partial charge in [-0.1, -0.05) is 0 Å². The molecule has 3 heterocycles. The van der Waals surface area contributed by atoms with Gasteiger partial charge in [0.15, 0.2) is 5.82 Å². The van der Waals surface area contributed by atoms with Gasteiger partial charge in [-0.15, -0.1) is 5.10 Å². The average Bonchev–Trinajstić information content (AvgIpc) is 3.49. The molecule has 0 aromatic carbocycles. The number of amides is 1. The van der Waals surface area contributed by atoms with Gasteiger partial charge in [0, 0.05) is 44.4 Å². The van der Waals surface area contributed by atoms with Gasteiger partial charge in [0.1, 0.15) is 6.54 Å². The number of nitrogens with zero attached hydrogens (tertiary/aromatic N) is 6. The highest BCUT2D eigenvalue weighted by molar-refractivity contribution is 5.76. The van der Waals surface area contributed by atoms with Gasteiger partial charge in [-0.25, -0.2) is 4.68 Å².